The maximum absolute atomic E-state index is 13.5. The van der Waals surface area contributed by atoms with Gasteiger partial charge in [0.05, 0.1) is 0 Å². The number of anilines is 1. The van der Waals surface area contributed by atoms with Crippen molar-refractivity contribution in [1.82, 2.24) is 5.32 Å². The normalized spacial score (nSPS) is 19.6. The van der Waals surface area contributed by atoms with Crippen LogP contribution < -0.4 is 10.2 Å². The van der Waals surface area contributed by atoms with E-state index in [2.05, 4.69) is 31.0 Å². The molecule has 1 aromatic carbocycles. The lowest BCUT2D eigenvalue weighted by Gasteiger charge is -2.25. The Balaban J connectivity index is 2.16. The highest BCUT2D eigenvalue weighted by molar-refractivity contribution is 5.54. The minimum absolute atomic E-state index is 0.00221. The molecule has 112 valence electrons. The molecule has 1 unspecified atom stereocenters. The number of nitrogens with one attached hydrogen (secondary N) is 1. The molecule has 0 aliphatic carbocycles. The van der Waals surface area contributed by atoms with E-state index in [0.29, 0.717) is 12.5 Å². The van der Waals surface area contributed by atoms with Gasteiger partial charge in [-0.2, -0.15) is 0 Å². The van der Waals surface area contributed by atoms with Gasteiger partial charge in [0.15, 0.2) is 0 Å². The summed E-state index contributed by atoms with van der Waals surface area (Å²) in [6.45, 7) is 8.96. The standard InChI is InChI=1S/C16H25FN2O/c1-16(2,3)18-9-13-8-14(17)4-5-15(13)19-7-6-12(10-19)11-20/h4-5,8,12,18,20H,6-7,9-11H2,1-3H3. The summed E-state index contributed by atoms with van der Waals surface area (Å²) in [5.74, 6) is 0.140. The first-order chi connectivity index (χ1) is 9.39. The summed E-state index contributed by atoms with van der Waals surface area (Å²) < 4.78 is 13.5. The largest absolute Gasteiger partial charge is 0.396 e. The van der Waals surface area contributed by atoms with E-state index in [-0.39, 0.29) is 18.0 Å². The molecule has 0 spiro atoms. The van der Waals surface area contributed by atoms with E-state index in [1.54, 1.807) is 6.07 Å². The zero-order chi connectivity index (χ0) is 14.8. The Kier molecular flexibility index (Phi) is 4.66. The lowest BCUT2D eigenvalue weighted by atomic mass is 10.1. The second-order valence-electron chi connectivity index (χ2n) is 6.66. The highest BCUT2D eigenvalue weighted by atomic mass is 19.1. The van der Waals surface area contributed by atoms with Gasteiger partial charge in [-0.15, -0.1) is 0 Å². The SMILES string of the molecule is CC(C)(C)NCc1cc(F)ccc1N1CCC(CO)C1. The van der Waals surface area contributed by atoms with Crippen LogP contribution in [0.4, 0.5) is 10.1 Å². The van der Waals surface area contributed by atoms with Crippen molar-refractivity contribution in [3.8, 4) is 0 Å². The third-order valence-corrected chi connectivity index (χ3v) is 3.74. The zero-order valence-corrected chi connectivity index (χ0v) is 12.6. The minimum Gasteiger partial charge on any atom is -0.396 e. The van der Waals surface area contributed by atoms with Gasteiger partial charge in [0.2, 0.25) is 0 Å². The summed E-state index contributed by atoms with van der Waals surface area (Å²) in [6.07, 6.45) is 1.00. The lowest BCUT2D eigenvalue weighted by molar-refractivity contribution is 0.238. The van der Waals surface area contributed by atoms with Crippen LogP contribution in [0.15, 0.2) is 18.2 Å². The maximum atomic E-state index is 13.5. The van der Waals surface area contributed by atoms with Crippen molar-refractivity contribution in [2.75, 3.05) is 24.6 Å². The summed E-state index contributed by atoms with van der Waals surface area (Å²) in [6, 6.07) is 4.98. The molecule has 0 amide bonds. The molecule has 2 rings (SSSR count). The van der Waals surface area contributed by atoms with Gasteiger partial charge in [-0.25, -0.2) is 4.39 Å². The van der Waals surface area contributed by atoms with E-state index in [9.17, 15) is 9.50 Å². The molecule has 3 nitrogen and oxygen atoms in total. The van der Waals surface area contributed by atoms with Crippen LogP contribution in [0.1, 0.15) is 32.8 Å². The van der Waals surface area contributed by atoms with Crippen molar-refractivity contribution in [2.45, 2.75) is 39.3 Å². The van der Waals surface area contributed by atoms with Crippen LogP contribution in [0.2, 0.25) is 0 Å². The first-order valence-electron chi connectivity index (χ1n) is 7.28. The number of hydrogen-bond donors (Lipinski definition) is 2. The van der Waals surface area contributed by atoms with Crippen LogP contribution in [0.3, 0.4) is 0 Å². The molecule has 4 heteroatoms. The van der Waals surface area contributed by atoms with Gasteiger partial charge in [-0.1, -0.05) is 0 Å². The predicted octanol–water partition coefficient (Wildman–Crippen LogP) is 2.53. The Morgan fingerprint density at radius 1 is 1.40 bits per heavy atom. The Morgan fingerprint density at radius 3 is 2.75 bits per heavy atom. The van der Waals surface area contributed by atoms with Gasteiger partial charge in [-0.05, 0) is 51.0 Å². The van der Waals surface area contributed by atoms with Gasteiger partial charge in [0.1, 0.15) is 5.82 Å². The fourth-order valence-electron chi connectivity index (χ4n) is 2.57. The van der Waals surface area contributed by atoms with Crippen LogP contribution in [-0.2, 0) is 6.54 Å². The molecule has 1 aromatic rings. The van der Waals surface area contributed by atoms with Crippen LogP contribution in [0.5, 0.6) is 0 Å². The molecular formula is C16H25FN2O. The monoisotopic (exact) mass is 280 g/mol. The van der Waals surface area contributed by atoms with Crippen molar-refractivity contribution >= 4 is 5.69 Å². The van der Waals surface area contributed by atoms with Crippen LogP contribution in [0.25, 0.3) is 0 Å². The summed E-state index contributed by atoms with van der Waals surface area (Å²) in [4.78, 5) is 2.25. The number of benzene rings is 1. The second-order valence-corrected chi connectivity index (χ2v) is 6.66. The number of rotatable bonds is 4. The molecule has 20 heavy (non-hydrogen) atoms. The van der Waals surface area contributed by atoms with E-state index in [1.807, 2.05) is 6.07 Å². The Hall–Kier alpha value is -1.13. The molecule has 1 saturated heterocycles. The van der Waals surface area contributed by atoms with Gasteiger partial charge in [0.25, 0.3) is 0 Å². The lowest BCUT2D eigenvalue weighted by Crippen LogP contribution is -2.35. The second kappa shape index (κ2) is 6.10. The van der Waals surface area contributed by atoms with Crippen LogP contribution in [-0.4, -0.2) is 30.3 Å². The first-order valence-corrected chi connectivity index (χ1v) is 7.28. The molecule has 1 atom stereocenters. The van der Waals surface area contributed by atoms with Crippen molar-refractivity contribution < 1.29 is 9.50 Å². The fourth-order valence-corrected chi connectivity index (χ4v) is 2.57. The minimum atomic E-state index is -0.197. The Labute approximate surface area is 120 Å². The van der Waals surface area contributed by atoms with E-state index < -0.39 is 0 Å². The van der Waals surface area contributed by atoms with E-state index in [0.717, 1.165) is 30.8 Å². The molecule has 0 saturated carbocycles. The highest BCUT2D eigenvalue weighted by Gasteiger charge is 2.24. The molecule has 1 fully saturated rings. The molecule has 0 bridgehead atoms. The third-order valence-electron chi connectivity index (χ3n) is 3.74. The quantitative estimate of drug-likeness (QED) is 0.889. The molecule has 0 aromatic heterocycles. The first kappa shape index (κ1) is 15.3. The topological polar surface area (TPSA) is 35.5 Å². The summed E-state index contributed by atoms with van der Waals surface area (Å²) >= 11 is 0. The number of aliphatic hydroxyl groups is 1. The van der Waals surface area contributed by atoms with Crippen molar-refractivity contribution in [2.24, 2.45) is 5.92 Å². The molecule has 1 aliphatic rings. The summed E-state index contributed by atoms with van der Waals surface area (Å²) in [5.41, 5.74) is 2.07. The van der Waals surface area contributed by atoms with E-state index >= 15 is 0 Å². The average molecular weight is 280 g/mol. The van der Waals surface area contributed by atoms with Crippen LogP contribution >= 0.6 is 0 Å². The average Bonchev–Trinajstić information content (AvgIpc) is 2.84. The number of hydrogen-bond acceptors (Lipinski definition) is 3. The zero-order valence-electron chi connectivity index (χ0n) is 12.6. The smallest absolute Gasteiger partial charge is 0.123 e. The molecule has 1 aliphatic heterocycles. The van der Waals surface area contributed by atoms with Gasteiger partial charge in [0, 0.05) is 43.4 Å². The maximum Gasteiger partial charge on any atom is 0.123 e. The van der Waals surface area contributed by atoms with Gasteiger partial charge in [-0.3, -0.25) is 0 Å². The number of aliphatic hydroxyl groups excluding tert-OH is 1. The van der Waals surface area contributed by atoms with Gasteiger partial charge >= 0.3 is 0 Å². The number of nitrogens with zero attached hydrogens (tertiary/aromatic N) is 1. The van der Waals surface area contributed by atoms with E-state index in [4.69, 9.17) is 0 Å². The fraction of sp³-hybridized carbons (Fsp3) is 0.625. The molecule has 1 heterocycles. The van der Waals surface area contributed by atoms with Crippen molar-refractivity contribution in [3.63, 3.8) is 0 Å². The Bertz CT molecular complexity index is 456. The molecule has 0 radical (unpaired) electrons. The van der Waals surface area contributed by atoms with E-state index in [1.165, 1.54) is 6.07 Å². The predicted molar refractivity (Wildman–Crippen MR) is 80.4 cm³/mol. The number of halogens is 1. The third kappa shape index (κ3) is 3.93. The van der Waals surface area contributed by atoms with Crippen molar-refractivity contribution in [1.29, 1.82) is 0 Å². The molecular weight excluding hydrogens is 255 g/mol. The van der Waals surface area contributed by atoms with Crippen LogP contribution in [0, 0.1) is 11.7 Å². The van der Waals surface area contributed by atoms with Gasteiger partial charge < -0.3 is 15.3 Å². The summed E-state index contributed by atoms with van der Waals surface area (Å²) in [5, 5.41) is 12.7. The summed E-state index contributed by atoms with van der Waals surface area (Å²) in [7, 11) is 0. The van der Waals surface area contributed by atoms with Crippen molar-refractivity contribution in [3.05, 3.63) is 29.6 Å². The Morgan fingerprint density at radius 2 is 2.15 bits per heavy atom. The highest BCUT2D eigenvalue weighted by Crippen LogP contribution is 2.28. The molecule has 2 N–H and O–H groups in total.